The number of hydrogen-bond acceptors (Lipinski definition) is 2. The highest BCUT2D eigenvalue weighted by Gasteiger charge is 2.05. The van der Waals surface area contributed by atoms with Crippen LogP contribution in [0.25, 0.3) is 0 Å². The number of rotatable bonds is 4. The standard InChI is InChI=1S/C11H12Cl3NO/c1-7-5-8(16-4-3-10(13)14)6-9(12)11(7)15-2/h3,5-6,15H,4H2,1-2H3. The van der Waals surface area contributed by atoms with Crippen molar-refractivity contribution in [2.24, 2.45) is 0 Å². The molecule has 2 nitrogen and oxygen atoms in total. The Morgan fingerprint density at radius 2 is 2.12 bits per heavy atom. The van der Waals surface area contributed by atoms with Gasteiger partial charge in [-0.05, 0) is 24.6 Å². The summed E-state index contributed by atoms with van der Waals surface area (Å²) < 4.78 is 5.61. The molecule has 0 unspecified atom stereocenters. The summed E-state index contributed by atoms with van der Waals surface area (Å²) in [5, 5.41) is 3.65. The molecule has 0 aliphatic rings. The van der Waals surface area contributed by atoms with Crippen LogP contribution in [0.15, 0.2) is 22.7 Å². The van der Waals surface area contributed by atoms with Gasteiger partial charge in [-0.1, -0.05) is 34.8 Å². The van der Waals surface area contributed by atoms with Gasteiger partial charge in [-0.3, -0.25) is 0 Å². The Kier molecular flexibility index (Phi) is 5.26. The van der Waals surface area contributed by atoms with E-state index in [2.05, 4.69) is 5.32 Å². The molecule has 88 valence electrons. The Bertz CT molecular complexity index is 377. The number of halogens is 3. The number of benzene rings is 1. The average Bonchev–Trinajstić information content (AvgIpc) is 2.16. The Morgan fingerprint density at radius 3 is 2.62 bits per heavy atom. The lowest BCUT2D eigenvalue weighted by Gasteiger charge is -2.10. The van der Waals surface area contributed by atoms with E-state index in [9.17, 15) is 0 Å². The summed E-state index contributed by atoms with van der Waals surface area (Å²) in [6.45, 7) is 2.27. The van der Waals surface area contributed by atoms with E-state index in [1.807, 2.05) is 20.0 Å². The van der Waals surface area contributed by atoms with Gasteiger partial charge in [0.1, 0.15) is 16.8 Å². The van der Waals surface area contributed by atoms with Gasteiger partial charge in [0.05, 0.1) is 10.7 Å². The molecule has 16 heavy (non-hydrogen) atoms. The molecule has 0 saturated heterocycles. The molecule has 0 aromatic heterocycles. The van der Waals surface area contributed by atoms with Crippen LogP contribution in [0.2, 0.25) is 5.02 Å². The van der Waals surface area contributed by atoms with Crippen LogP contribution in [-0.2, 0) is 0 Å². The number of anilines is 1. The predicted molar refractivity (Wildman–Crippen MR) is 71.0 cm³/mol. The van der Waals surface area contributed by atoms with E-state index in [0.717, 1.165) is 11.3 Å². The Hall–Kier alpha value is -0.570. The zero-order valence-corrected chi connectivity index (χ0v) is 11.2. The van der Waals surface area contributed by atoms with Gasteiger partial charge in [-0.15, -0.1) is 0 Å². The van der Waals surface area contributed by atoms with Gasteiger partial charge in [0.15, 0.2) is 0 Å². The molecule has 0 spiro atoms. The first-order valence-corrected chi connectivity index (χ1v) is 5.80. The molecule has 0 aliphatic carbocycles. The van der Waals surface area contributed by atoms with Gasteiger partial charge in [0, 0.05) is 13.1 Å². The van der Waals surface area contributed by atoms with Crippen molar-refractivity contribution in [3.05, 3.63) is 33.3 Å². The van der Waals surface area contributed by atoms with Crippen molar-refractivity contribution in [2.45, 2.75) is 6.92 Å². The summed E-state index contributed by atoms with van der Waals surface area (Å²) in [6, 6.07) is 3.64. The molecule has 5 heteroatoms. The smallest absolute Gasteiger partial charge is 0.121 e. The molecule has 1 aromatic carbocycles. The Labute approximate surface area is 110 Å². The highest BCUT2D eigenvalue weighted by molar-refractivity contribution is 6.55. The van der Waals surface area contributed by atoms with Crippen LogP contribution in [0.1, 0.15) is 5.56 Å². The van der Waals surface area contributed by atoms with Crippen LogP contribution < -0.4 is 10.1 Å². The normalized spacial score (nSPS) is 9.81. The van der Waals surface area contributed by atoms with Crippen molar-refractivity contribution in [3.63, 3.8) is 0 Å². The Balaban J connectivity index is 2.80. The van der Waals surface area contributed by atoms with Crippen LogP contribution in [-0.4, -0.2) is 13.7 Å². The lowest BCUT2D eigenvalue weighted by atomic mass is 10.2. The van der Waals surface area contributed by atoms with Crippen LogP contribution in [0, 0.1) is 6.92 Å². The quantitative estimate of drug-likeness (QED) is 0.883. The minimum Gasteiger partial charge on any atom is -0.489 e. The number of hydrogen-bond donors (Lipinski definition) is 1. The minimum absolute atomic E-state index is 0.190. The van der Waals surface area contributed by atoms with Crippen LogP contribution in [0.5, 0.6) is 5.75 Å². The van der Waals surface area contributed by atoms with E-state index in [0.29, 0.717) is 17.4 Å². The molecule has 0 bridgehead atoms. The third-order valence-electron chi connectivity index (χ3n) is 2.00. The zero-order valence-electron chi connectivity index (χ0n) is 8.98. The van der Waals surface area contributed by atoms with E-state index in [1.54, 1.807) is 12.1 Å². The summed E-state index contributed by atoms with van der Waals surface area (Å²) in [5.74, 6) is 0.687. The molecule has 0 saturated carbocycles. The van der Waals surface area contributed by atoms with Gasteiger partial charge < -0.3 is 10.1 Å². The van der Waals surface area contributed by atoms with Crippen molar-refractivity contribution in [2.75, 3.05) is 19.0 Å². The summed E-state index contributed by atoms with van der Waals surface area (Å²) >= 11 is 17.0. The van der Waals surface area contributed by atoms with Gasteiger partial charge in [0.2, 0.25) is 0 Å². The molecule has 0 heterocycles. The summed E-state index contributed by atoms with van der Waals surface area (Å²) in [6.07, 6.45) is 1.57. The molecular formula is C11H12Cl3NO. The molecule has 0 aliphatic heterocycles. The monoisotopic (exact) mass is 279 g/mol. The molecule has 0 atom stereocenters. The first-order chi connectivity index (χ1) is 7.54. The maximum Gasteiger partial charge on any atom is 0.121 e. The van der Waals surface area contributed by atoms with E-state index in [-0.39, 0.29) is 4.49 Å². The minimum atomic E-state index is 0.190. The summed E-state index contributed by atoms with van der Waals surface area (Å²) in [7, 11) is 1.82. The first kappa shape index (κ1) is 13.5. The van der Waals surface area contributed by atoms with Crippen LogP contribution in [0.4, 0.5) is 5.69 Å². The third kappa shape index (κ3) is 3.78. The average molecular weight is 281 g/mol. The molecule has 0 radical (unpaired) electrons. The van der Waals surface area contributed by atoms with Crippen LogP contribution in [0.3, 0.4) is 0 Å². The molecule has 1 aromatic rings. The second-order valence-corrected chi connectivity index (χ2v) is 4.57. The number of ether oxygens (including phenoxy) is 1. The van der Waals surface area contributed by atoms with Crippen LogP contribution >= 0.6 is 34.8 Å². The fourth-order valence-corrected chi connectivity index (χ4v) is 1.79. The predicted octanol–water partition coefficient (Wildman–Crippen LogP) is 4.39. The summed E-state index contributed by atoms with van der Waals surface area (Å²) in [5.41, 5.74) is 1.92. The van der Waals surface area contributed by atoms with E-state index < -0.39 is 0 Å². The molecule has 1 rings (SSSR count). The molecule has 0 fully saturated rings. The van der Waals surface area contributed by atoms with Crippen molar-refractivity contribution in [1.82, 2.24) is 0 Å². The zero-order chi connectivity index (χ0) is 12.1. The van der Waals surface area contributed by atoms with Gasteiger partial charge in [-0.25, -0.2) is 0 Å². The SMILES string of the molecule is CNc1c(C)cc(OCC=C(Cl)Cl)cc1Cl. The van der Waals surface area contributed by atoms with Gasteiger partial charge >= 0.3 is 0 Å². The first-order valence-electron chi connectivity index (χ1n) is 4.66. The highest BCUT2D eigenvalue weighted by atomic mass is 35.5. The molecule has 0 amide bonds. The second-order valence-electron chi connectivity index (χ2n) is 3.15. The topological polar surface area (TPSA) is 21.3 Å². The van der Waals surface area contributed by atoms with Crippen molar-refractivity contribution in [3.8, 4) is 5.75 Å². The number of aryl methyl sites for hydroxylation is 1. The summed E-state index contributed by atoms with van der Waals surface area (Å²) in [4.78, 5) is 0. The molecule has 1 N–H and O–H groups in total. The maximum absolute atomic E-state index is 6.07. The van der Waals surface area contributed by atoms with Crippen molar-refractivity contribution in [1.29, 1.82) is 0 Å². The highest BCUT2D eigenvalue weighted by Crippen LogP contribution is 2.30. The Morgan fingerprint density at radius 1 is 1.44 bits per heavy atom. The fourth-order valence-electron chi connectivity index (χ4n) is 1.31. The lowest BCUT2D eigenvalue weighted by Crippen LogP contribution is -1.97. The van der Waals surface area contributed by atoms with E-state index in [1.165, 1.54) is 0 Å². The second kappa shape index (κ2) is 6.24. The van der Waals surface area contributed by atoms with Gasteiger partial charge in [-0.2, -0.15) is 0 Å². The fraction of sp³-hybridized carbons (Fsp3) is 0.273. The number of nitrogens with one attached hydrogen (secondary N) is 1. The third-order valence-corrected chi connectivity index (χ3v) is 2.61. The van der Waals surface area contributed by atoms with Crippen molar-refractivity contribution < 1.29 is 4.74 Å². The van der Waals surface area contributed by atoms with E-state index in [4.69, 9.17) is 39.5 Å². The lowest BCUT2D eigenvalue weighted by molar-refractivity contribution is 0.362. The largest absolute Gasteiger partial charge is 0.489 e. The molecular weight excluding hydrogens is 268 g/mol. The maximum atomic E-state index is 6.07. The van der Waals surface area contributed by atoms with Crippen molar-refractivity contribution >= 4 is 40.5 Å². The van der Waals surface area contributed by atoms with Gasteiger partial charge in [0.25, 0.3) is 0 Å². The van der Waals surface area contributed by atoms with E-state index >= 15 is 0 Å².